The molecule has 0 bridgehead atoms. The maximum Gasteiger partial charge on any atom is 0.341 e. The van der Waals surface area contributed by atoms with Crippen molar-refractivity contribution in [2.45, 2.75) is 20.8 Å². The molecule has 0 atom stereocenters. The molecule has 0 spiro atoms. The summed E-state index contributed by atoms with van der Waals surface area (Å²) in [6.45, 7) is 6.60. The van der Waals surface area contributed by atoms with Crippen LogP contribution in [0, 0.1) is 5.92 Å². The lowest BCUT2D eigenvalue weighted by molar-refractivity contribution is -0.119. The summed E-state index contributed by atoms with van der Waals surface area (Å²) in [6, 6.07) is 1.47. The van der Waals surface area contributed by atoms with E-state index < -0.39 is 5.97 Å². The second-order valence-electron chi connectivity index (χ2n) is 4.94. The number of carbonyl (C=O) groups is 2. The summed E-state index contributed by atoms with van der Waals surface area (Å²) in [4.78, 5) is 27.5. The summed E-state index contributed by atoms with van der Waals surface area (Å²) in [7, 11) is 0. The fraction of sp³-hybridized carbons (Fsp3) is 0.500. The molecule has 1 aromatic heterocycles. The van der Waals surface area contributed by atoms with Crippen molar-refractivity contribution in [1.29, 1.82) is 0 Å². The molecule has 1 amide bonds. The Morgan fingerprint density at radius 3 is 2.76 bits per heavy atom. The number of pyridine rings is 1. The Bertz CT molecular complexity index is 503. The molecule has 0 saturated heterocycles. The van der Waals surface area contributed by atoms with Crippen LogP contribution in [0.3, 0.4) is 0 Å². The molecular weight excluding hydrogens is 272 g/mol. The molecule has 0 unspecified atom stereocenters. The van der Waals surface area contributed by atoms with Crippen molar-refractivity contribution in [2.75, 3.05) is 30.7 Å². The van der Waals surface area contributed by atoms with Crippen LogP contribution in [0.4, 0.5) is 11.5 Å². The SMILES string of the molecule is CCOC(=O)c1cc(N)cnc1NCC(=O)NCC(C)C. The Morgan fingerprint density at radius 1 is 1.43 bits per heavy atom. The van der Waals surface area contributed by atoms with E-state index in [-0.39, 0.29) is 30.4 Å². The van der Waals surface area contributed by atoms with Gasteiger partial charge in [-0.2, -0.15) is 0 Å². The van der Waals surface area contributed by atoms with Gasteiger partial charge in [-0.3, -0.25) is 4.79 Å². The van der Waals surface area contributed by atoms with Crippen LogP contribution in [0.15, 0.2) is 12.3 Å². The number of anilines is 2. The van der Waals surface area contributed by atoms with E-state index in [4.69, 9.17) is 10.5 Å². The van der Waals surface area contributed by atoms with E-state index in [0.29, 0.717) is 18.2 Å². The molecule has 4 N–H and O–H groups in total. The summed E-state index contributed by atoms with van der Waals surface area (Å²) in [6.07, 6.45) is 1.41. The largest absolute Gasteiger partial charge is 0.462 e. The van der Waals surface area contributed by atoms with Crippen LogP contribution in [-0.2, 0) is 9.53 Å². The Hall–Kier alpha value is -2.31. The lowest BCUT2D eigenvalue weighted by Gasteiger charge is -2.12. The highest BCUT2D eigenvalue weighted by molar-refractivity contribution is 5.96. The van der Waals surface area contributed by atoms with Crippen LogP contribution in [0.1, 0.15) is 31.1 Å². The first-order chi connectivity index (χ1) is 9.93. The predicted octanol–water partition coefficient (Wildman–Crippen LogP) is 1.02. The first-order valence-corrected chi connectivity index (χ1v) is 6.87. The zero-order chi connectivity index (χ0) is 15.8. The number of rotatable bonds is 7. The van der Waals surface area contributed by atoms with Gasteiger partial charge in [-0.15, -0.1) is 0 Å². The predicted molar refractivity (Wildman–Crippen MR) is 80.9 cm³/mol. The quantitative estimate of drug-likeness (QED) is 0.648. The van der Waals surface area contributed by atoms with Crippen LogP contribution in [0.2, 0.25) is 0 Å². The van der Waals surface area contributed by atoms with E-state index >= 15 is 0 Å². The molecule has 0 fully saturated rings. The van der Waals surface area contributed by atoms with E-state index in [0.717, 1.165) is 0 Å². The van der Waals surface area contributed by atoms with Gasteiger partial charge >= 0.3 is 5.97 Å². The van der Waals surface area contributed by atoms with E-state index in [1.165, 1.54) is 12.3 Å². The lowest BCUT2D eigenvalue weighted by atomic mass is 10.2. The number of esters is 1. The number of nitrogens with one attached hydrogen (secondary N) is 2. The molecule has 0 aliphatic rings. The van der Waals surface area contributed by atoms with Crippen LogP contribution in [0.25, 0.3) is 0 Å². The first kappa shape index (κ1) is 16.7. The number of amides is 1. The van der Waals surface area contributed by atoms with Crippen molar-refractivity contribution in [1.82, 2.24) is 10.3 Å². The fourth-order valence-corrected chi connectivity index (χ4v) is 1.53. The molecule has 1 aromatic rings. The molecule has 21 heavy (non-hydrogen) atoms. The van der Waals surface area contributed by atoms with Crippen LogP contribution >= 0.6 is 0 Å². The number of nitrogens with zero attached hydrogens (tertiary/aromatic N) is 1. The third-order valence-electron chi connectivity index (χ3n) is 2.53. The molecule has 7 heteroatoms. The van der Waals surface area contributed by atoms with Crippen LogP contribution < -0.4 is 16.4 Å². The standard InChI is InChI=1S/C14H22N4O3/c1-4-21-14(20)11-5-10(15)7-17-13(11)18-8-12(19)16-6-9(2)3/h5,7,9H,4,6,8,15H2,1-3H3,(H,16,19)(H,17,18). The Kier molecular flexibility index (Phi) is 6.45. The van der Waals surface area contributed by atoms with Crippen LogP contribution in [-0.4, -0.2) is 36.6 Å². The minimum absolute atomic E-state index is 0.0239. The number of hydrogen-bond donors (Lipinski definition) is 3. The van der Waals surface area contributed by atoms with Gasteiger partial charge in [-0.25, -0.2) is 9.78 Å². The van der Waals surface area contributed by atoms with Crippen molar-refractivity contribution >= 4 is 23.4 Å². The van der Waals surface area contributed by atoms with Crippen molar-refractivity contribution < 1.29 is 14.3 Å². The van der Waals surface area contributed by atoms with Gasteiger partial charge in [0, 0.05) is 6.54 Å². The molecule has 0 radical (unpaired) electrons. The molecule has 0 aliphatic heterocycles. The van der Waals surface area contributed by atoms with E-state index in [1.807, 2.05) is 13.8 Å². The van der Waals surface area contributed by atoms with Crippen molar-refractivity contribution in [3.8, 4) is 0 Å². The smallest absolute Gasteiger partial charge is 0.341 e. The van der Waals surface area contributed by atoms with Gasteiger partial charge in [0.15, 0.2) is 0 Å². The normalized spacial score (nSPS) is 10.3. The maximum absolute atomic E-state index is 11.8. The highest BCUT2D eigenvalue weighted by atomic mass is 16.5. The second kappa shape index (κ2) is 8.08. The van der Waals surface area contributed by atoms with Gasteiger partial charge in [0.1, 0.15) is 11.4 Å². The van der Waals surface area contributed by atoms with Gasteiger partial charge in [-0.05, 0) is 18.9 Å². The summed E-state index contributed by atoms with van der Waals surface area (Å²) in [5.74, 6) is -0.0411. The third kappa shape index (κ3) is 5.68. The number of carbonyl (C=O) groups excluding carboxylic acids is 2. The maximum atomic E-state index is 11.8. The number of ether oxygens (including phenoxy) is 1. The molecular formula is C14H22N4O3. The van der Waals surface area contributed by atoms with Crippen molar-refractivity contribution in [3.05, 3.63) is 17.8 Å². The highest BCUT2D eigenvalue weighted by Crippen LogP contribution is 2.16. The van der Waals surface area contributed by atoms with E-state index in [9.17, 15) is 9.59 Å². The minimum Gasteiger partial charge on any atom is -0.462 e. The zero-order valence-electron chi connectivity index (χ0n) is 12.6. The second-order valence-corrected chi connectivity index (χ2v) is 4.94. The van der Waals surface area contributed by atoms with E-state index in [2.05, 4.69) is 15.6 Å². The molecule has 116 valence electrons. The van der Waals surface area contributed by atoms with Gasteiger partial charge in [0.05, 0.1) is 25.0 Å². The number of aromatic nitrogens is 1. The summed E-state index contributed by atoms with van der Waals surface area (Å²) in [5.41, 5.74) is 6.19. The zero-order valence-corrected chi connectivity index (χ0v) is 12.6. The number of nitrogen functional groups attached to an aromatic ring is 1. The Morgan fingerprint density at radius 2 is 2.14 bits per heavy atom. The lowest BCUT2D eigenvalue weighted by Crippen LogP contribution is -2.33. The first-order valence-electron chi connectivity index (χ1n) is 6.87. The van der Waals surface area contributed by atoms with Crippen molar-refractivity contribution in [3.63, 3.8) is 0 Å². The third-order valence-corrected chi connectivity index (χ3v) is 2.53. The average Bonchev–Trinajstić information content (AvgIpc) is 2.43. The Balaban J connectivity index is 2.70. The summed E-state index contributed by atoms with van der Waals surface area (Å²) < 4.78 is 4.93. The highest BCUT2D eigenvalue weighted by Gasteiger charge is 2.15. The van der Waals surface area contributed by atoms with Crippen LogP contribution in [0.5, 0.6) is 0 Å². The van der Waals surface area contributed by atoms with E-state index in [1.54, 1.807) is 6.92 Å². The minimum atomic E-state index is -0.526. The molecule has 0 saturated carbocycles. The van der Waals surface area contributed by atoms with Gasteiger partial charge in [0.25, 0.3) is 0 Å². The molecule has 7 nitrogen and oxygen atoms in total. The number of nitrogens with two attached hydrogens (primary N) is 1. The topological polar surface area (TPSA) is 106 Å². The average molecular weight is 294 g/mol. The summed E-state index contributed by atoms with van der Waals surface area (Å²) >= 11 is 0. The van der Waals surface area contributed by atoms with Gasteiger partial charge < -0.3 is 21.1 Å². The number of hydrogen-bond acceptors (Lipinski definition) is 6. The Labute approximate surface area is 124 Å². The molecule has 0 aliphatic carbocycles. The monoisotopic (exact) mass is 294 g/mol. The molecule has 0 aromatic carbocycles. The van der Waals surface area contributed by atoms with Gasteiger partial charge in [0.2, 0.25) is 5.91 Å². The molecule has 1 rings (SSSR count). The molecule has 1 heterocycles. The fourth-order valence-electron chi connectivity index (χ4n) is 1.53. The van der Waals surface area contributed by atoms with Gasteiger partial charge in [-0.1, -0.05) is 13.8 Å². The summed E-state index contributed by atoms with van der Waals surface area (Å²) in [5, 5.41) is 5.59. The van der Waals surface area contributed by atoms with Crippen molar-refractivity contribution in [2.24, 2.45) is 5.92 Å².